The molecule has 1 N–H and O–H groups in total. The van der Waals surface area contributed by atoms with Crippen LogP contribution in [0.5, 0.6) is 0 Å². The monoisotopic (exact) mass is 211 g/mol. The summed E-state index contributed by atoms with van der Waals surface area (Å²) in [5.74, 6) is 0.572. The topological polar surface area (TPSA) is 21.3 Å². The van der Waals surface area contributed by atoms with Crippen LogP contribution in [0.25, 0.3) is 0 Å². The highest BCUT2D eigenvalue weighted by Gasteiger charge is 1.87. The van der Waals surface area contributed by atoms with E-state index in [1.54, 1.807) is 0 Å². The van der Waals surface area contributed by atoms with Crippen molar-refractivity contribution in [3.05, 3.63) is 11.6 Å². The molecule has 12 heavy (non-hydrogen) atoms. The molecule has 0 fully saturated rings. The predicted octanol–water partition coefficient (Wildman–Crippen LogP) is 1.97. The molecule has 0 saturated heterocycles. The molecule has 0 unspecified atom stereocenters. The number of ether oxygens (including phenoxy) is 1. The van der Waals surface area contributed by atoms with Crippen molar-refractivity contribution in [3.63, 3.8) is 0 Å². The van der Waals surface area contributed by atoms with Gasteiger partial charge in [-0.05, 0) is 13.0 Å². The first-order chi connectivity index (χ1) is 5.91. The lowest BCUT2D eigenvalue weighted by Crippen LogP contribution is -2.16. The summed E-state index contributed by atoms with van der Waals surface area (Å²) in [6, 6.07) is 0. The van der Waals surface area contributed by atoms with Gasteiger partial charge in [0.2, 0.25) is 0 Å². The standard InChI is InChI=1S/C8H15Cl2NO/c9-3-1-5-11-6-2-7-12-8-4-10/h1,3,11H,2,4-8H2/b3-1+. The third-order valence-corrected chi connectivity index (χ3v) is 1.55. The van der Waals surface area contributed by atoms with Crippen LogP contribution in [0.15, 0.2) is 11.6 Å². The van der Waals surface area contributed by atoms with Gasteiger partial charge in [-0.25, -0.2) is 0 Å². The maximum atomic E-state index is 5.42. The summed E-state index contributed by atoms with van der Waals surface area (Å²) in [4.78, 5) is 0. The van der Waals surface area contributed by atoms with Crippen LogP contribution in [0.3, 0.4) is 0 Å². The summed E-state index contributed by atoms with van der Waals surface area (Å²) in [7, 11) is 0. The second-order valence-electron chi connectivity index (χ2n) is 2.22. The molecular weight excluding hydrogens is 197 g/mol. The van der Waals surface area contributed by atoms with Crippen molar-refractivity contribution in [2.24, 2.45) is 0 Å². The molecule has 0 saturated carbocycles. The average molecular weight is 212 g/mol. The van der Waals surface area contributed by atoms with Crippen molar-refractivity contribution < 1.29 is 4.74 Å². The van der Waals surface area contributed by atoms with Gasteiger partial charge in [0.15, 0.2) is 0 Å². The van der Waals surface area contributed by atoms with Gasteiger partial charge >= 0.3 is 0 Å². The molecular formula is C8H15Cl2NO. The van der Waals surface area contributed by atoms with E-state index in [0.29, 0.717) is 12.5 Å². The first-order valence-corrected chi connectivity index (χ1v) is 4.98. The Kier molecular flexibility index (Phi) is 11.5. The number of nitrogens with one attached hydrogen (secondary N) is 1. The van der Waals surface area contributed by atoms with E-state index in [4.69, 9.17) is 27.9 Å². The number of rotatable bonds is 8. The second kappa shape index (κ2) is 11.2. The Bertz CT molecular complexity index is 109. The minimum atomic E-state index is 0.572. The fourth-order valence-electron chi connectivity index (χ4n) is 0.686. The van der Waals surface area contributed by atoms with Crippen LogP contribution >= 0.6 is 23.2 Å². The maximum Gasteiger partial charge on any atom is 0.0601 e. The smallest absolute Gasteiger partial charge is 0.0601 e. The molecule has 0 aliphatic rings. The average Bonchev–Trinajstić information content (AvgIpc) is 2.10. The molecule has 0 bridgehead atoms. The van der Waals surface area contributed by atoms with Gasteiger partial charge in [-0.3, -0.25) is 0 Å². The van der Waals surface area contributed by atoms with Crippen LogP contribution in [0.4, 0.5) is 0 Å². The third kappa shape index (κ3) is 10.2. The Morgan fingerprint density at radius 3 is 2.83 bits per heavy atom. The minimum absolute atomic E-state index is 0.572. The first-order valence-electron chi connectivity index (χ1n) is 4.01. The fourth-order valence-corrected chi connectivity index (χ4v) is 0.884. The van der Waals surface area contributed by atoms with Gasteiger partial charge in [0, 0.05) is 24.6 Å². The number of halogens is 2. The van der Waals surface area contributed by atoms with Crippen LogP contribution < -0.4 is 5.32 Å². The molecule has 0 radical (unpaired) electrons. The summed E-state index contributed by atoms with van der Waals surface area (Å²) >= 11 is 10.7. The summed E-state index contributed by atoms with van der Waals surface area (Å²) in [5.41, 5.74) is 1.51. The molecule has 4 heteroatoms. The molecule has 0 aromatic carbocycles. The van der Waals surface area contributed by atoms with E-state index in [1.165, 1.54) is 5.54 Å². The van der Waals surface area contributed by atoms with E-state index >= 15 is 0 Å². The van der Waals surface area contributed by atoms with E-state index in [-0.39, 0.29) is 0 Å². The van der Waals surface area contributed by atoms with Gasteiger partial charge in [-0.15, -0.1) is 11.6 Å². The number of hydrogen-bond donors (Lipinski definition) is 1. The van der Waals surface area contributed by atoms with Crippen LogP contribution in [-0.4, -0.2) is 32.2 Å². The predicted molar refractivity (Wildman–Crippen MR) is 54.0 cm³/mol. The molecule has 2 nitrogen and oxygen atoms in total. The Balaban J connectivity index is 2.81. The summed E-state index contributed by atoms with van der Waals surface area (Å²) in [6.45, 7) is 3.18. The number of hydrogen-bond acceptors (Lipinski definition) is 2. The maximum absolute atomic E-state index is 5.42. The van der Waals surface area contributed by atoms with Crippen molar-refractivity contribution in [3.8, 4) is 0 Å². The zero-order valence-corrected chi connectivity index (χ0v) is 8.57. The zero-order chi connectivity index (χ0) is 9.07. The van der Waals surface area contributed by atoms with Gasteiger partial charge in [0.1, 0.15) is 0 Å². The summed E-state index contributed by atoms with van der Waals surface area (Å²) in [5, 5.41) is 3.18. The van der Waals surface area contributed by atoms with E-state index in [1.807, 2.05) is 6.08 Å². The van der Waals surface area contributed by atoms with Crippen LogP contribution in [0.2, 0.25) is 0 Å². The lowest BCUT2D eigenvalue weighted by Gasteiger charge is -2.01. The van der Waals surface area contributed by atoms with Crippen molar-refractivity contribution >= 4 is 23.2 Å². The van der Waals surface area contributed by atoms with Gasteiger partial charge in [0.05, 0.1) is 6.61 Å². The third-order valence-electron chi connectivity index (χ3n) is 1.21. The molecule has 0 rings (SSSR count). The van der Waals surface area contributed by atoms with E-state index in [2.05, 4.69) is 5.32 Å². The Labute approximate surface area is 83.9 Å². The van der Waals surface area contributed by atoms with Crippen molar-refractivity contribution in [1.82, 2.24) is 5.32 Å². The lowest BCUT2D eigenvalue weighted by molar-refractivity contribution is 0.146. The van der Waals surface area contributed by atoms with Crippen molar-refractivity contribution in [2.45, 2.75) is 6.42 Å². The Hall–Kier alpha value is 0.240. The molecule has 72 valence electrons. The fraction of sp³-hybridized carbons (Fsp3) is 0.750. The van der Waals surface area contributed by atoms with Gasteiger partial charge in [0.25, 0.3) is 0 Å². The van der Waals surface area contributed by atoms with Gasteiger partial charge in [-0.2, -0.15) is 0 Å². The molecule has 0 aromatic heterocycles. The van der Waals surface area contributed by atoms with Crippen LogP contribution in [0.1, 0.15) is 6.42 Å². The molecule has 0 atom stereocenters. The molecule has 0 aromatic rings. The van der Waals surface area contributed by atoms with Crippen molar-refractivity contribution in [1.29, 1.82) is 0 Å². The van der Waals surface area contributed by atoms with E-state index in [9.17, 15) is 0 Å². The molecule has 0 aliphatic heterocycles. The largest absolute Gasteiger partial charge is 0.380 e. The minimum Gasteiger partial charge on any atom is -0.380 e. The highest BCUT2D eigenvalue weighted by atomic mass is 35.5. The van der Waals surface area contributed by atoms with Crippen LogP contribution in [0, 0.1) is 0 Å². The van der Waals surface area contributed by atoms with Gasteiger partial charge < -0.3 is 10.1 Å². The first kappa shape index (κ1) is 12.2. The zero-order valence-electron chi connectivity index (χ0n) is 7.06. The molecule has 0 heterocycles. The normalized spacial score (nSPS) is 11.2. The van der Waals surface area contributed by atoms with E-state index in [0.717, 1.165) is 26.1 Å². The van der Waals surface area contributed by atoms with Crippen LogP contribution in [-0.2, 0) is 4.74 Å². The molecule has 0 spiro atoms. The lowest BCUT2D eigenvalue weighted by atomic mass is 10.4. The highest BCUT2D eigenvalue weighted by Crippen LogP contribution is 1.83. The SMILES string of the molecule is Cl/C=C/CNCCCOCCCl. The van der Waals surface area contributed by atoms with E-state index < -0.39 is 0 Å². The van der Waals surface area contributed by atoms with Crippen molar-refractivity contribution in [2.75, 3.05) is 32.2 Å². The number of alkyl halides is 1. The molecule has 0 amide bonds. The highest BCUT2D eigenvalue weighted by molar-refractivity contribution is 6.25. The second-order valence-corrected chi connectivity index (χ2v) is 2.85. The quantitative estimate of drug-likeness (QED) is 0.490. The Morgan fingerprint density at radius 1 is 1.33 bits per heavy atom. The molecule has 0 aliphatic carbocycles. The summed E-state index contributed by atoms with van der Waals surface area (Å²) < 4.78 is 5.17. The Morgan fingerprint density at radius 2 is 2.17 bits per heavy atom. The summed E-state index contributed by atoms with van der Waals surface area (Å²) in [6.07, 6.45) is 2.87. The van der Waals surface area contributed by atoms with Gasteiger partial charge in [-0.1, -0.05) is 17.7 Å².